The van der Waals surface area contributed by atoms with Crippen molar-refractivity contribution in [2.24, 2.45) is 0 Å². The number of carboxylic acids is 1. The molecule has 0 fully saturated rings. The molecule has 0 amide bonds. The average molecular weight is 271 g/mol. The van der Waals surface area contributed by atoms with E-state index in [4.69, 9.17) is 9.84 Å². The molecule has 1 aromatic carbocycles. The summed E-state index contributed by atoms with van der Waals surface area (Å²) in [6, 6.07) is 7.31. The summed E-state index contributed by atoms with van der Waals surface area (Å²) in [4.78, 5) is 14.8. The van der Waals surface area contributed by atoms with Gasteiger partial charge < -0.3 is 9.84 Å². The quantitative estimate of drug-likeness (QED) is 0.927. The first kappa shape index (κ1) is 14.1. The molecule has 104 valence electrons. The fourth-order valence-corrected chi connectivity index (χ4v) is 1.94. The van der Waals surface area contributed by atoms with Crippen molar-refractivity contribution in [1.82, 2.24) is 4.98 Å². The number of rotatable bonds is 4. The van der Waals surface area contributed by atoms with Crippen molar-refractivity contribution in [3.8, 4) is 5.75 Å². The zero-order valence-electron chi connectivity index (χ0n) is 11.8. The van der Waals surface area contributed by atoms with Crippen LogP contribution in [0.25, 0.3) is 0 Å². The largest absolute Gasteiger partial charge is 0.487 e. The Morgan fingerprint density at radius 3 is 2.60 bits per heavy atom. The predicted octanol–water partition coefficient (Wildman–Crippen LogP) is 3.28. The third-order valence-corrected chi connectivity index (χ3v) is 3.21. The summed E-state index contributed by atoms with van der Waals surface area (Å²) in [6.45, 7) is 6.42. The number of benzene rings is 1. The Labute approximate surface area is 118 Å². The zero-order valence-corrected chi connectivity index (χ0v) is 11.8. The van der Waals surface area contributed by atoms with Gasteiger partial charge in [0.1, 0.15) is 12.4 Å². The van der Waals surface area contributed by atoms with E-state index in [0.29, 0.717) is 12.3 Å². The molecule has 0 spiro atoms. The smallest absolute Gasteiger partial charge is 0.337 e. The maximum absolute atomic E-state index is 10.7. The maximum Gasteiger partial charge on any atom is 0.337 e. The summed E-state index contributed by atoms with van der Waals surface area (Å²) in [5.41, 5.74) is 4.33. The molecule has 0 aliphatic rings. The van der Waals surface area contributed by atoms with Gasteiger partial charge in [0.2, 0.25) is 0 Å². The Morgan fingerprint density at radius 1 is 1.25 bits per heavy atom. The normalized spacial score (nSPS) is 10.3. The van der Waals surface area contributed by atoms with Crippen LogP contribution in [0, 0.1) is 20.8 Å². The van der Waals surface area contributed by atoms with E-state index in [0.717, 1.165) is 16.9 Å². The second-order valence-corrected chi connectivity index (χ2v) is 4.84. The summed E-state index contributed by atoms with van der Waals surface area (Å²) in [6.07, 6.45) is 1.34. The van der Waals surface area contributed by atoms with Crippen LogP contribution in [0.15, 0.2) is 30.5 Å². The van der Waals surface area contributed by atoms with Crippen LogP contribution < -0.4 is 4.74 Å². The van der Waals surface area contributed by atoms with Gasteiger partial charge in [-0.2, -0.15) is 0 Å². The second kappa shape index (κ2) is 5.74. The molecule has 0 atom stereocenters. The molecule has 4 nitrogen and oxygen atoms in total. The van der Waals surface area contributed by atoms with Crippen LogP contribution in [-0.2, 0) is 6.61 Å². The molecule has 0 saturated carbocycles. The van der Waals surface area contributed by atoms with Crippen LogP contribution in [-0.4, -0.2) is 16.1 Å². The molecule has 0 saturated heterocycles. The number of aromatic nitrogens is 1. The van der Waals surface area contributed by atoms with Gasteiger partial charge in [-0.25, -0.2) is 4.79 Å². The van der Waals surface area contributed by atoms with Crippen LogP contribution in [0.2, 0.25) is 0 Å². The molecule has 20 heavy (non-hydrogen) atoms. The highest BCUT2D eigenvalue weighted by Crippen LogP contribution is 2.24. The number of aryl methyl sites for hydroxylation is 2. The Balaban J connectivity index is 2.11. The Kier molecular flexibility index (Phi) is 4.03. The van der Waals surface area contributed by atoms with Crippen LogP contribution in [0.3, 0.4) is 0 Å². The van der Waals surface area contributed by atoms with E-state index in [1.54, 1.807) is 6.07 Å². The molecule has 4 heteroatoms. The molecule has 1 heterocycles. The average Bonchev–Trinajstić information content (AvgIpc) is 2.41. The van der Waals surface area contributed by atoms with Crippen LogP contribution in [0.5, 0.6) is 5.75 Å². The van der Waals surface area contributed by atoms with Gasteiger partial charge in [0.05, 0.1) is 11.3 Å². The minimum absolute atomic E-state index is 0.177. The van der Waals surface area contributed by atoms with Gasteiger partial charge in [0, 0.05) is 6.20 Å². The first-order chi connectivity index (χ1) is 9.47. The van der Waals surface area contributed by atoms with Crippen molar-refractivity contribution in [2.75, 3.05) is 0 Å². The number of aromatic carboxylic acids is 1. The number of ether oxygens (including phenoxy) is 1. The maximum atomic E-state index is 10.7. The van der Waals surface area contributed by atoms with Crippen LogP contribution >= 0.6 is 0 Å². The molecule has 1 N–H and O–H groups in total. The summed E-state index contributed by atoms with van der Waals surface area (Å²) >= 11 is 0. The molecule has 0 aliphatic carbocycles. The van der Waals surface area contributed by atoms with Gasteiger partial charge in [0.15, 0.2) is 0 Å². The van der Waals surface area contributed by atoms with Crippen molar-refractivity contribution in [3.05, 3.63) is 58.4 Å². The van der Waals surface area contributed by atoms with Gasteiger partial charge in [0.25, 0.3) is 0 Å². The topological polar surface area (TPSA) is 59.4 Å². The van der Waals surface area contributed by atoms with Crippen LogP contribution in [0.1, 0.15) is 32.7 Å². The van der Waals surface area contributed by atoms with Crippen molar-refractivity contribution < 1.29 is 14.6 Å². The van der Waals surface area contributed by atoms with Gasteiger partial charge in [-0.1, -0.05) is 6.07 Å². The fourth-order valence-electron chi connectivity index (χ4n) is 1.94. The number of nitrogens with zero attached hydrogens (tertiary/aromatic N) is 1. The lowest BCUT2D eigenvalue weighted by Gasteiger charge is -2.12. The summed E-state index contributed by atoms with van der Waals surface area (Å²) in [5, 5.41) is 8.81. The van der Waals surface area contributed by atoms with E-state index in [9.17, 15) is 4.79 Å². The highest BCUT2D eigenvalue weighted by atomic mass is 16.5. The van der Waals surface area contributed by atoms with E-state index >= 15 is 0 Å². The lowest BCUT2D eigenvalue weighted by molar-refractivity contribution is 0.0696. The lowest BCUT2D eigenvalue weighted by Crippen LogP contribution is -2.03. The van der Waals surface area contributed by atoms with E-state index in [-0.39, 0.29) is 5.56 Å². The fraction of sp³-hybridized carbons (Fsp3) is 0.250. The Hall–Kier alpha value is -2.36. The second-order valence-electron chi connectivity index (χ2n) is 4.84. The highest BCUT2D eigenvalue weighted by molar-refractivity contribution is 5.87. The minimum Gasteiger partial charge on any atom is -0.487 e. The zero-order chi connectivity index (χ0) is 14.7. The molecule has 2 rings (SSSR count). The molecular formula is C16H17NO3. The number of pyridine rings is 1. The standard InChI is InChI=1S/C16H17NO3/c1-10-6-11(2)12(3)15(7-10)20-9-14-5-4-13(8-17-14)16(18)19/h4-8H,9H2,1-3H3,(H,18,19). The van der Waals surface area contributed by atoms with Gasteiger partial charge in [-0.3, -0.25) is 4.98 Å². The summed E-state index contributed by atoms with van der Waals surface area (Å²) in [5.74, 6) is -0.137. The molecule has 2 aromatic rings. The van der Waals surface area contributed by atoms with E-state index in [1.165, 1.54) is 17.8 Å². The van der Waals surface area contributed by atoms with Crippen LogP contribution in [0.4, 0.5) is 0 Å². The first-order valence-corrected chi connectivity index (χ1v) is 6.36. The summed E-state index contributed by atoms with van der Waals surface area (Å²) < 4.78 is 5.77. The van der Waals surface area contributed by atoms with Gasteiger partial charge in [-0.15, -0.1) is 0 Å². The van der Waals surface area contributed by atoms with Crippen molar-refractivity contribution in [1.29, 1.82) is 0 Å². The SMILES string of the molecule is Cc1cc(C)c(C)c(OCc2ccc(C(=O)O)cn2)c1. The van der Waals surface area contributed by atoms with E-state index < -0.39 is 5.97 Å². The molecule has 0 unspecified atom stereocenters. The molecule has 1 aromatic heterocycles. The Bertz CT molecular complexity index is 633. The molecular weight excluding hydrogens is 254 g/mol. The third kappa shape index (κ3) is 3.15. The molecule has 0 radical (unpaired) electrons. The predicted molar refractivity (Wildman–Crippen MR) is 76.2 cm³/mol. The minimum atomic E-state index is -0.977. The number of carboxylic acid groups (broad SMARTS) is 1. The Morgan fingerprint density at radius 2 is 2.00 bits per heavy atom. The highest BCUT2D eigenvalue weighted by Gasteiger charge is 2.06. The van der Waals surface area contributed by atoms with Gasteiger partial charge in [-0.05, 0) is 55.7 Å². The monoisotopic (exact) mass is 271 g/mol. The first-order valence-electron chi connectivity index (χ1n) is 6.36. The van der Waals surface area contributed by atoms with E-state index in [1.807, 2.05) is 19.9 Å². The summed E-state index contributed by atoms with van der Waals surface area (Å²) in [7, 11) is 0. The number of hydrogen-bond donors (Lipinski definition) is 1. The molecule has 0 aliphatic heterocycles. The number of hydrogen-bond acceptors (Lipinski definition) is 3. The molecule has 0 bridgehead atoms. The van der Waals surface area contributed by atoms with Crippen molar-refractivity contribution in [3.63, 3.8) is 0 Å². The van der Waals surface area contributed by atoms with Crippen molar-refractivity contribution in [2.45, 2.75) is 27.4 Å². The van der Waals surface area contributed by atoms with E-state index in [2.05, 4.69) is 18.0 Å². The number of carbonyl (C=O) groups is 1. The third-order valence-electron chi connectivity index (χ3n) is 3.21. The van der Waals surface area contributed by atoms with Gasteiger partial charge >= 0.3 is 5.97 Å². The lowest BCUT2D eigenvalue weighted by atomic mass is 10.1. The van der Waals surface area contributed by atoms with Crippen molar-refractivity contribution >= 4 is 5.97 Å².